The average molecular weight is 276 g/mol. The quantitative estimate of drug-likeness (QED) is 0.878. The Morgan fingerprint density at radius 3 is 2.89 bits per heavy atom. The molecule has 0 saturated carbocycles. The predicted molar refractivity (Wildman–Crippen MR) is 80.4 cm³/mol. The zero-order valence-corrected chi connectivity index (χ0v) is 12.3. The van der Waals surface area contributed by atoms with Gasteiger partial charge in [0.15, 0.2) is 0 Å². The number of aromatic nitrogens is 1. The third kappa shape index (κ3) is 4.31. The summed E-state index contributed by atoms with van der Waals surface area (Å²) < 4.78 is 1.19. The highest BCUT2D eigenvalue weighted by Gasteiger charge is 2.06. The first-order valence-electron chi connectivity index (χ1n) is 6.76. The molecule has 2 aromatic rings. The largest absolute Gasteiger partial charge is 0.356 e. The Morgan fingerprint density at radius 1 is 1.37 bits per heavy atom. The molecule has 1 aromatic carbocycles. The fourth-order valence-corrected chi connectivity index (χ4v) is 2.80. The van der Waals surface area contributed by atoms with Crippen LogP contribution < -0.4 is 5.32 Å². The summed E-state index contributed by atoms with van der Waals surface area (Å²) in [5, 5.41) is 4.00. The number of nitrogens with zero attached hydrogens (tertiary/aromatic N) is 1. The van der Waals surface area contributed by atoms with Crippen molar-refractivity contribution in [3.05, 3.63) is 29.3 Å². The van der Waals surface area contributed by atoms with E-state index in [0.29, 0.717) is 12.3 Å². The molecule has 0 bridgehead atoms. The second kappa shape index (κ2) is 6.66. The van der Waals surface area contributed by atoms with E-state index in [9.17, 15) is 4.79 Å². The van der Waals surface area contributed by atoms with E-state index in [1.54, 1.807) is 11.3 Å². The lowest BCUT2D eigenvalue weighted by Gasteiger charge is -2.06. The SMILES string of the molecule is CC(C)CCNC(=O)CCc1nc2ccccc2s1. The fourth-order valence-electron chi connectivity index (χ4n) is 1.84. The number of amides is 1. The molecule has 1 aromatic heterocycles. The van der Waals surface area contributed by atoms with E-state index in [4.69, 9.17) is 0 Å². The maximum Gasteiger partial charge on any atom is 0.220 e. The third-order valence-electron chi connectivity index (χ3n) is 2.95. The van der Waals surface area contributed by atoms with Crippen molar-refractivity contribution in [2.75, 3.05) is 6.54 Å². The molecule has 0 atom stereocenters. The summed E-state index contributed by atoms with van der Waals surface area (Å²) in [5.74, 6) is 0.754. The van der Waals surface area contributed by atoms with Crippen molar-refractivity contribution < 1.29 is 4.79 Å². The lowest BCUT2D eigenvalue weighted by Crippen LogP contribution is -2.25. The first kappa shape index (κ1) is 14.0. The molecule has 0 spiro atoms. The number of hydrogen-bond acceptors (Lipinski definition) is 3. The van der Waals surface area contributed by atoms with E-state index in [-0.39, 0.29) is 5.91 Å². The molecule has 1 amide bonds. The second-order valence-electron chi connectivity index (χ2n) is 5.11. The third-order valence-corrected chi connectivity index (χ3v) is 4.04. The molecular weight excluding hydrogens is 256 g/mol. The molecule has 0 radical (unpaired) electrons. The molecule has 4 heteroatoms. The van der Waals surface area contributed by atoms with Gasteiger partial charge in [0.1, 0.15) is 0 Å². The van der Waals surface area contributed by atoms with Gasteiger partial charge in [0, 0.05) is 19.4 Å². The van der Waals surface area contributed by atoms with Gasteiger partial charge in [-0.15, -0.1) is 11.3 Å². The summed E-state index contributed by atoms with van der Waals surface area (Å²) in [5.41, 5.74) is 1.03. The van der Waals surface area contributed by atoms with Gasteiger partial charge in [-0.25, -0.2) is 4.98 Å². The summed E-state index contributed by atoms with van der Waals surface area (Å²) in [6, 6.07) is 8.09. The Hall–Kier alpha value is -1.42. The molecule has 0 aliphatic heterocycles. The first-order valence-corrected chi connectivity index (χ1v) is 7.58. The number of fused-ring (bicyclic) bond motifs is 1. The minimum atomic E-state index is 0.125. The van der Waals surface area contributed by atoms with Crippen LogP contribution in [0.3, 0.4) is 0 Å². The van der Waals surface area contributed by atoms with Gasteiger partial charge in [0.2, 0.25) is 5.91 Å². The van der Waals surface area contributed by atoms with E-state index in [2.05, 4.69) is 30.2 Å². The highest BCUT2D eigenvalue weighted by atomic mass is 32.1. The van der Waals surface area contributed by atoms with Gasteiger partial charge in [-0.05, 0) is 24.5 Å². The monoisotopic (exact) mass is 276 g/mol. The van der Waals surface area contributed by atoms with Gasteiger partial charge in [-0.2, -0.15) is 0 Å². The zero-order chi connectivity index (χ0) is 13.7. The number of rotatable bonds is 6. The molecule has 0 saturated heterocycles. The van der Waals surface area contributed by atoms with E-state index in [1.165, 1.54) is 4.70 Å². The minimum Gasteiger partial charge on any atom is -0.356 e. The number of carbonyl (C=O) groups excluding carboxylic acids is 1. The number of hydrogen-bond donors (Lipinski definition) is 1. The van der Waals surface area contributed by atoms with Crippen molar-refractivity contribution >= 4 is 27.5 Å². The lowest BCUT2D eigenvalue weighted by atomic mass is 10.1. The van der Waals surface area contributed by atoms with Gasteiger partial charge in [-0.3, -0.25) is 4.79 Å². The van der Waals surface area contributed by atoms with Gasteiger partial charge >= 0.3 is 0 Å². The normalized spacial score (nSPS) is 11.1. The Bertz CT molecular complexity index is 515. The minimum absolute atomic E-state index is 0.125. The molecule has 3 nitrogen and oxygen atoms in total. The van der Waals surface area contributed by atoms with Gasteiger partial charge in [0.25, 0.3) is 0 Å². The van der Waals surface area contributed by atoms with Crippen LogP contribution in [-0.4, -0.2) is 17.4 Å². The van der Waals surface area contributed by atoms with Crippen LogP contribution in [0.2, 0.25) is 0 Å². The molecule has 1 heterocycles. The fraction of sp³-hybridized carbons (Fsp3) is 0.467. The number of carbonyl (C=O) groups is 1. The standard InChI is InChI=1S/C15H20N2OS/c1-11(2)9-10-16-14(18)7-8-15-17-12-5-3-4-6-13(12)19-15/h3-6,11H,7-10H2,1-2H3,(H,16,18). The molecule has 19 heavy (non-hydrogen) atoms. The van der Waals surface area contributed by atoms with Crippen LogP contribution in [0.4, 0.5) is 0 Å². The lowest BCUT2D eigenvalue weighted by molar-refractivity contribution is -0.121. The number of thiazole rings is 1. The molecular formula is C15H20N2OS. The Morgan fingerprint density at radius 2 is 2.16 bits per heavy atom. The number of aryl methyl sites for hydroxylation is 1. The molecule has 0 unspecified atom stereocenters. The van der Waals surface area contributed by atoms with E-state index >= 15 is 0 Å². The van der Waals surface area contributed by atoms with Crippen molar-refractivity contribution in [1.82, 2.24) is 10.3 Å². The Kier molecular flexibility index (Phi) is 4.91. The van der Waals surface area contributed by atoms with Gasteiger partial charge < -0.3 is 5.32 Å². The molecule has 102 valence electrons. The summed E-state index contributed by atoms with van der Waals surface area (Å²) in [6.07, 6.45) is 2.29. The number of nitrogens with one attached hydrogen (secondary N) is 1. The first-order chi connectivity index (χ1) is 9.15. The highest BCUT2D eigenvalue weighted by molar-refractivity contribution is 7.18. The maximum absolute atomic E-state index is 11.7. The molecule has 2 rings (SSSR count). The highest BCUT2D eigenvalue weighted by Crippen LogP contribution is 2.22. The molecule has 0 aliphatic carbocycles. The van der Waals surface area contributed by atoms with Crippen LogP contribution >= 0.6 is 11.3 Å². The van der Waals surface area contributed by atoms with Gasteiger partial charge in [-0.1, -0.05) is 26.0 Å². The van der Waals surface area contributed by atoms with E-state index in [1.807, 2.05) is 18.2 Å². The summed E-state index contributed by atoms with van der Waals surface area (Å²) in [7, 11) is 0. The van der Waals surface area contributed by atoms with Gasteiger partial charge in [0.05, 0.1) is 15.2 Å². The van der Waals surface area contributed by atoms with E-state index < -0.39 is 0 Å². The van der Waals surface area contributed by atoms with Crippen molar-refractivity contribution in [3.63, 3.8) is 0 Å². The topological polar surface area (TPSA) is 42.0 Å². The van der Waals surface area contributed by atoms with Crippen LogP contribution in [-0.2, 0) is 11.2 Å². The summed E-state index contributed by atoms with van der Waals surface area (Å²) in [6.45, 7) is 5.09. The predicted octanol–water partition coefficient (Wildman–Crippen LogP) is 3.39. The van der Waals surface area contributed by atoms with Crippen LogP contribution in [0.15, 0.2) is 24.3 Å². The van der Waals surface area contributed by atoms with Crippen LogP contribution in [0.25, 0.3) is 10.2 Å². The van der Waals surface area contributed by atoms with Crippen LogP contribution in [0, 0.1) is 5.92 Å². The van der Waals surface area contributed by atoms with Crippen LogP contribution in [0.5, 0.6) is 0 Å². The smallest absolute Gasteiger partial charge is 0.220 e. The molecule has 0 aliphatic rings. The Balaban J connectivity index is 1.80. The van der Waals surface area contributed by atoms with Crippen molar-refractivity contribution in [2.24, 2.45) is 5.92 Å². The second-order valence-corrected chi connectivity index (χ2v) is 6.22. The van der Waals surface area contributed by atoms with Crippen molar-refractivity contribution in [3.8, 4) is 0 Å². The summed E-state index contributed by atoms with van der Waals surface area (Å²) >= 11 is 1.68. The molecule has 0 fully saturated rings. The maximum atomic E-state index is 11.7. The number of para-hydroxylation sites is 1. The Labute approximate surface area is 118 Å². The number of benzene rings is 1. The van der Waals surface area contributed by atoms with Crippen LogP contribution in [0.1, 0.15) is 31.7 Å². The average Bonchev–Trinajstić information content (AvgIpc) is 2.78. The van der Waals surface area contributed by atoms with Crippen molar-refractivity contribution in [1.29, 1.82) is 0 Å². The van der Waals surface area contributed by atoms with Crippen molar-refractivity contribution in [2.45, 2.75) is 33.1 Å². The van der Waals surface area contributed by atoms with E-state index in [0.717, 1.165) is 29.9 Å². The molecule has 1 N–H and O–H groups in total. The zero-order valence-electron chi connectivity index (χ0n) is 11.5. The summed E-state index contributed by atoms with van der Waals surface area (Å²) in [4.78, 5) is 16.2.